The molecular weight excluding hydrogens is 420 g/mol. The molecule has 2 unspecified atom stereocenters. The molecule has 0 aromatic heterocycles. The maximum atomic E-state index is 11.7. The second-order valence-electron chi connectivity index (χ2n) is 12.6. The van der Waals surface area contributed by atoms with Gasteiger partial charge in [-0.15, -0.1) is 0 Å². The third-order valence-corrected chi connectivity index (χ3v) is 11.4. The van der Waals surface area contributed by atoms with Crippen LogP contribution in [-0.2, 0) is 9.59 Å². The molecule has 0 amide bonds. The summed E-state index contributed by atoms with van der Waals surface area (Å²) in [6.45, 7) is 8.98. The molecule has 0 bridgehead atoms. The molecule has 0 saturated heterocycles. The zero-order valence-electron chi connectivity index (χ0n) is 20.7. The van der Waals surface area contributed by atoms with Crippen molar-refractivity contribution in [3.8, 4) is 0 Å². The van der Waals surface area contributed by atoms with Gasteiger partial charge >= 0.3 is 11.9 Å². The van der Waals surface area contributed by atoms with Crippen molar-refractivity contribution >= 4 is 11.9 Å². The van der Waals surface area contributed by atoms with Crippen molar-refractivity contribution in [1.82, 2.24) is 0 Å². The van der Waals surface area contributed by atoms with E-state index in [-0.39, 0.29) is 53.1 Å². The van der Waals surface area contributed by atoms with Gasteiger partial charge in [0.25, 0.3) is 0 Å². The van der Waals surface area contributed by atoms with Gasteiger partial charge in [0.1, 0.15) is 0 Å². The Bertz CT molecular complexity index is 754. The van der Waals surface area contributed by atoms with Gasteiger partial charge in [-0.05, 0) is 104 Å². The van der Waals surface area contributed by atoms with E-state index in [1.54, 1.807) is 0 Å². The Morgan fingerprint density at radius 3 is 2.12 bits per heavy atom. The maximum absolute atomic E-state index is 11.7. The van der Waals surface area contributed by atoms with Crippen LogP contribution >= 0.6 is 0 Å². The molecule has 33 heavy (non-hydrogen) atoms. The number of fused-ring (bicyclic) bond motifs is 5. The molecule has 0 spiro atoms. The standard InChI is InChI=1S/C27H44O6/c1-5-16-21-13-15(28)8-10-27(21,4)20-9-11-26(3)18(6-7-19(26)22(20)23(16)29)14(2)12-17(24(30)31)25(32)33/h14-23,28-29H,5-13H2,1-4H3,(H,30,31)(H,32,33)/t14-,15?,16-,18-,19+,20+,21+,22+,23?,26-,27-/m1/s1. The molecule has 0 heterocycles. The van der Waals surface area contributed by atoms with E-state index in [0.29, 0.717) is 17.8 Å². The lowest BCUT2D eigenvalue weighted by Crippen LogP contribution is -2.62. The van der Waals surface area contributed by atoms with E-state index in [2.05, 4.69) is 20.8 Å². The maximum Gasteiger partial charge on any atom is 0.317 e. The normalized spacial score (nSPS) is 48.0. The minimum Gasteiger partial charge on any atom is -0.481 e. The Morgan fingerprint density at radius 2 is 1.52 bits per heavy atom. The quantitative estimate of drug-likeness (QED) is 0.433. The Balaban J connectivity index is 1.61. The summed E-state index contributed by atoms with van der Waals surface area (Å²) in [5.41, 5.74) is 0.172. The first kappa shape index (κ1) is 25.0. The van der Waals surface area contributed by atoms with Gasteiger partial charge in [-0.1, -0.05) is 34.1 Å². The molecule has 188 valence electrons. The van der Waals surface area contributed by atoms with Crippen LogP contribution in [0.25, 0.3) is 0 Å². The third-order valence-electron chi connectivity index (χ3n) is 11.4. The van der Waals surface area contributed by atoms with Gasteiger partial charge in [-0.3, -0.25) is 9.59 Å². The first-order chi connectivity index (χ1) is 15.5. The van der Waals surface area contributed by atoms with Crippen molar-refractivity contribution in [3.05, 3.63) is 0 Å². The van der Waals surface area contributed by atoms with Gasteiger partial charge in [-0.2, -0.15) is 0 Å². The molecule has 0 radical (unpaired) electrons. The van der Waals surface area contributed by atoms with E-state index in [1.807, 2.05) is 6.92 Å². The van der Waals surface area contributed by atoms with Gasteiger partial charge in [0, 0.05) is 0 Å². The highest BCUT2D eigenvalue weighted by molar-refractivity contribution is 5.92. The van der Waals surface area contributed by atoms with Crippen LogP contribution in [0.1, 0.15) is 85.5 Å². The molecule has 4 rings (SSSR count). The van der Waals surface area contributed by atoms with Crippen molar-refractivity contribution in [2.75, 3.05) is 0 Å². The van der Waals surface area contributed by atoms with Crippen molar-refractivity contribution in [2.45, 2.75) is 97.7 Å². The second-order valence-corrected chi connectivity index (χ2v) is 12.6. The lowest BCUT2D eigenvalue weighted by Gasteiger charge is -2.64. The molecule has 4 aliphatic rings. The smallest absolute Gasteiger partial charge is 0.317 e. The van der Waals surface area contributed by atoms with Crippen LogP contribution in [0.3, 0.4) is 0 Å². The van der Waals surface area contributed by atoms with Gasteiger partial charge in [0.05, 0.1) is 12.2 Å². The van der Waals surface area contributed by atoms with Gasteiger partial charge in [-0.25, -0.2) is 0 Å². The van der Waals surface area contributed by atoms with E-state index < -0.39 is 17.9 Å². The predicted molar refractivity (Wildman–Crippen MR) is 124 cm³/mol. The van der Waals surface area contributed by atoms with Gasteiger partial charge in [0.15, 0.2) is 5.92 Å². The fourth-order valence-electron chi connectivity index (χ4n) is 9.78. The number of rotatable bonds is 6. The monoisotopic (exact) mass is 464 g/mol. The highest BCUT2D eigenvalue weighted by atomic mass is 16.4. The van der Waals surface area contributed by atoms with Crippen LogP contribution in [0, 0.1) is 58.2 Å². The molecule has 4 aliphatic carbocycles. The molecule has 6 heteroatoms. The van der Waals surface area contributed by atoms with Gasteiger partial charge in [0.2, 0.25) is 0 Å². The summed E-state index contributed by atoms with van der Waals surface area (Å²) in [7, 11) is 0. The number of hydrogen-bond donors (Lipinski definition) is 4. The largest absolute Gasteiger partial charge is 0.481 e. The molecule has 0 aliphatic heterocycles. The Morgan fingerprint density at radius 1 is 0.909 bits per heavy atom. The second kappa shape index (κ2) is 8.82. The number of aliphatic hydroxyl groups excluding tert-OH is 2. The topological polar surface area (TPSA) is 115 Å². The SMILES string of the molecule is CC[C@H]1C(O)[C@@H]2[C@H](CC[C@]3(C)[C@@H]([C@H](C)CC(C(=O)O)C(=O)O)CC[C@@H]23)[C@@]2(C)CCC(O)C[C@@H]12. The summed E-state index contributed by atoms with van der Waals surface area (Å²) in [4.78, 5) is 23.0. The number of hydrogen-bond acceptors (Lipinski definition) is 4. The Kier molecular flexibility index (Phi) is 6.67. The summed E-state index contributed by atoms with van der Waals surface area (Å²) < 4.78 is 0. The molecule has 0 aromatic rings. The summed E-state index contributed by atoms with van der Waals surface area (Å²) >= 11 is 0. The number of carboxylic acids is 2. The molecule has 11 atom stereocenters. The van der Waals surface area contributed by atoms with E-state index in [0.717, 1.165) is 51.4 Å². The third kappa shape index (κ3) is 3.84. The molecule has 4 saturated carbocycles. The van der Waals surface area contributed by atoms with E-state index >= 15 is 0 Å². The fraction of sp³-hybridized carbons (Fsp3) is 0.926. The van der Waals surface area contributed by atoms with Crippen LogP contribution in [0.4, 0.5) is 0 Å². The Hall–Kier alpha value is -1.14. The highest BCUT2D eigenvalue weighted by Crippen LogP contribution is 2.69. The molecule has 4 fully saturated rings. The van der Waals surface area contributed by atoms with Gasteiger partial charge < -0.3 is 20.4 Å². The lowest BCUT2D eigenvalue weighted by molar-refractivity contribution is -0.203. The molecule has 6 nitrogen and oxygen atoms in total. The van der Waals surface area contributed by atoms with Crippen molar-refractivity contribution < 1.29 is 30.0 Å². The van der Waals surface area contributed by atoms with Crippen LogP contribution in [0.2, 0.25) is 0 Å². The predicted octanol–water partition coefficient (Wildman–Crippen LogP) is 4.42. The number of aliphatic carboxylic acids is 2. The summed E-state index contributed by atoms with van der Waals surface area (Å²) in [5, 5.41) is 41.0. The first-order valence-electron chi connectivity index (χ1n) is 13.3. The highest BCUT2D eigenvalue weighted by Gasteiger charge is 2.65. The number of carboxylic acid groups (broad SMARTS) is 2. The van der Waals surface area contributed by atoms with E-state index in [4.69, 9.17) is 0 Å². The van der Waals surface area contributed by atoms with Crippen LogP contribution in [0.5, 0.6) is 0 Å². The number of aliphatic hydroxyl groups is 2. The van der Waals surface area contributed by atoms with Crippen LogP contribution in [0.15, 0.2) is 0 Å². The number of carbonyl (C=O) groups is 2. The minimum atomic E-state index is -1.35. The van der Waals surface area contributed by atoms with Crippen LogP contribution in [-0.4, -0.2) is 44.6 Å². The van der Waals surface area contributed by atoms with E-state index in [1.165, 1.54) is 0 Å². The first-order valence-corrected chi connectivity index (χ1v) is 13.3. The molecule has 4 N–H and O–H groups in total. The zero-order valence-corrected chi connectivity index (χ0v) is 20.7. The average Bonchev–Trinajstić information content (AvgIpc) is 3.10. The lowest BCUT2D eigenvalue weighted by atomic mass is 9.41. The zero-order chi connectivity index (χ0) is 24.3. The minimum absolute atomic E-state index is 0.0127. The fourth-order valence-corrected chi connectivity index (χ4v) is 9.78. The molecule has 0 aromatic carbocycles. The summed E-state index contributed by atoms with van der Waals surface area (Å²) in [6, 6.07) is 0. The summed E-state index contributed by atoms with van der Waals surface area (Å²) in [5.74, 6) is -1.84. The van der Waals surface area contributed by atoms with Crippen molar-refractivity contribution in [1.29, 1.82) is 0 Å². The average molecular weight is 465 g/mol. The summed E-state index contributed by atoms with van der Waals surface area (Å²) in [6.07, 6.45) is 7.35. The van der Waals surface area contributed by atoms with Crippen LogP contribution < -0.4 is 0 Å². The Labute approximate surface area is 198 Å². The van der Waals surface area contributed by atoms with Crippen molar-refractivity contribution in [3.63, 3.8) is 0 Å². The van der Waals surface area contributed by atoms with Crippen molar-refractivity contribution in [2.24, 2.45) is 58.2 Å². The van der Waals surface area contributed by atoms with E-state index in [9.17, 15) is 30.0 Å². The molecular formula is C27H44O6.